The van der Waals surface area contributed by atoms with Gasteiger partial charge in [-0.15, -0.1) is 0 Å². The van der Waals surface area contributed by atoms with E-state index in [-0.39, 0.29) is 34.3 Å². The molecular formula is C33H26F8N2O. The zero-order chi connectivity index (χ0) is 39.0. The quantitative estimate of drug-likeness (QED) is 0.187. The monoisotopic (exact) mass is 626 g/mol. The lowest BCUT2D eigenvalue weighted by molar-refractivity contribution is -0.386. The Morgan fingerprint density at radius 1 is 0.841 bits per heavy atom. The van der Waals surface area contributed by atoms with Crippen molar-refractivity contribution in [1.29, 1.82) is 0 Å². The highest BCUT2D eigenvalue weighted by Gasteiger charge is 2.86. The Morgan fingerprint density at radius 3 is 2.20 bits per heavy atom. The Morgan fingerprint density at radius 2 is 1.55 bits per heavy atom. The third-order valence-electron chi connectivity index (χ3n) is 7.34. The lowest BCUT2D eigenvalue weighted by atomic mass is 9.71. The minimum absolute atomic E-state index is 0.00664. The predicted molar refractivity (Wildman–Crippen MR) is 150 cm³/mol. The van der Waals surface area contributed by atoms with Crippen LogP contribution in [0.5, 0.6) is 0 Å². The van der Waals surface area contributed by atoms with Crippen LogP contribution in [0.15, 0.2) is 59.1 Å². The van der Waals surface area contributed by atoms with E-state index in [4.69, 9.17) is 15.4 Å². The van der Waals surface area contributed by atoms with Crippen LogP contribution in [0.25, 0.3) is 44.5 Å². The van der Waals surface area contributed by atoms with Gasteiger partial charge in [-0.2, -0.15) is 35.1 Å². The first-order valence-corrected chi connectivity index (χ1v) is 13.0. The predicted octanol–water partition coefficient (Wildman–Crippen LogP) is 10.4. The number of alkyl halides is 8. The molecule has 0 spiro atoms. The normalized spacial score (nSPS) is 22.1. The van der Waals surface area contributed by atoms with Gasteiger partial charge in [0, 0.05) is 50.3 Å². The van der Waals surface area contributed by atoms with Crippen LogP contribution in [-0.4, -0.2) is 21.8 Å². The smallest absolute Gasteiger partial charge is 0.382 e. The molecule has 1 aliphatic carbocycles. The molecule has 0 N–H and O–H groups in total. The van der Waals surface area contributed by atoms with Gasteiger partial charge in [-0.05, 0) is 78.1 Å². The zero-order valence-corrected chi connectivity index (χ0v) is 23.0. The highest BCUT2D eigenvalue weighted by molar-refractivity contribution is 6.08. The highest BCUT2D eigenvalue weighted by atomic mass is 19.4. The summed E-state index contributed by atoms with van der Waals surface area (Å²) in [5.41, 5.74) is -12.5. The summed E-state index contributed by atoms with van der Waals surface area (Å²) in [5.74, 6) is -25.9. The molecule has 5 aromatic rings. The van der Waals surface area contributed by atoms with Crippen LogP contribution >= 0.6 is 0 Å². The van der Waals surface area contributed by atoms with E-state index in [1.807, 2.05) is 0 Å². The summed E-state index contributed by atoms with van der Waals surface area (Å²) in [4.78, 5) is 8.19. The van der Waals surface area contributed by atoms with Gasteiger partial charge in [0.1, 0.15) is 5.58 Å². The first-order valence-electron chi connectivity index (χ1n) is 17.0. The standard InChI is InChI=1S/C33H26F8N2O/c1-16-13-19(15-29(3,4)5)25-26(31(36,37)33(40,41)32(38,39)30(25,34)35)24(16)18-11-12-42-23(14-18)22-8-6-7-20-21-10-9-17(2)43-28(21)44-27(20)22/h6-14H,15H2,1-5H3/i1D3,2D3,15D2. The Kier molecular flexibility index (Phi) is 4.55. The number of aryl methyl sites for hydroxylation is 2. The molecule has 3 aromatic heterocycles. The maximum absolute atomic E-state index is 16.1. The van der Waals surface area contributed by atoms with E-state index in [0.29, 0.717) is 10.8 Å². The fourth-order valence-corrected chi connectivity index (χ4v) is 5.45. The zero-order valence-electron chi connectivity index (χ0n) is 31.0. The number of aromatic nitrogens is 2. The molecular weight excluding hydrogens is 592 g/mol. The Labute approximate surface area is 258 Å². The topological polar surface area (TPSA) is 38.9 Å². The number of para-hydroxylation sites is 1. The first-order chi connectivity index (χ1) is 23.5. The summed E-state index contributed by atoms with van der Waals surface area (Å²) in [6, 6.07) is 9.05. The molecule has 3 heterocycles. The average Bonchev–Trinajstić information content (AvgIpc) is 3.40. The van der Waals surface area contributed by atoms with Crippen molar-refractivity contribution in [1.82, 2.24) is 9.97 Å². The molecule has 0 bridgehead atoms. The van der Waals surface area contributed by atoms with Crippen molar-refractivity contribution < 1.29 is 50.5 Å². The summed E-state index contributed by atoms with van der Waals surface area (Å²) in [6.45, 7) is -2.89. The molecule has 3 nitrogen and oxygen atoms in total. The van der Waals surface area contributed by atoms with E-state index in [1.165, 1.54) is 24.3 Å². The average molecular weight is 627 g/mol. The minimum atomic E-state index is -6.79. The van der Waals surface area contributed by atoms with Gasteiger partial charge in [-0.3, -0.25) is 4.98 Å². The van der Waals surface area contributed by atoms with E-state index in [0.717, 1.165) is 39.1 Å². The lowest BCUT2D eigenvalue weighted by Crippen LogP contribution is -2.64. The van der Waals surface area contributed by atoms with E-state index in [9.17, 15) is 0 Å². The SMILES string of the molecule is [2H]C([2H])([2H])c1ccc2c(n1)oc1c(-c3cc(-c4c(C([2H])([2H])[2H])cc(C([2H])([2H])C(C)(C)C)c5c4C(F)(F)C(F)(F)C(F)(F)C5(F)F)ccn3)cccc12. The van der Waals surface area contributed by atoms with E-state index >= 15 is 35.1 Å². The van der Waals surface area contributed by atoms with Crippen LogP contribution in [0.3, 0.4) is 0 Å². The molecule has 0 unspecified atom stereocenters. The number of benzene rings is 2. The molecule has 0 atom stereocenters. The second-order valence-corrected chi connectivity index (χ2v) is 11.5. The molecule has 6 rings (SSSR count). The van der Waals surface area contributed by atoms with Crippen LogP contribution in [0.4, 0.5) is 35.1 Å². The Hall–Kier alpha value is -4.02. The molecule has 44 heavy (non-hydrogen) atoms. The molecule has 0 saturated heterocycles. The van der Waals surface area contributed by atoms with Gasteiger partial charge in [0.05, 0.1) is 5.69 Å². The van der Waals surface area contributed by atoms with Crippen molar-refractivity contribution in [2.45, 2.75) is 64.5 Å². The third kappa shape index (κ3) is 4.07. The summed E-state index contributed by atoms with van der Waals surface area (Å²) in [7, 11) is 0. The molecule has 230 valence electrons. The summed E-state index contributed by atoms with van der Waals surface area (Å²) >= 11 is 0. The molecule has 0 radical (unpaired) electrons. The van der Waals surface area contributed by atoms with Crippen molar-refractivity contribution in [3.8, 4) is 22.4 Å². The number of hydrogen-bond donors (Lipinski definition) is 0. The number of nitrogens with zero attached hydrogens (tertiary/aromatic N) is 2. The second-order valence-electron chi connectivity index (χ2n) is 11.5. The van der Waals surface area contributed by atoms with E-state index < -0.39 is 82.6 Å². The summed E-state index contributed by atoms with van der Waals surface area (Å²) in [5, 5.41) is 0.695. The first kappa shape index (κ1) is 21.6. The molecule has 11 heteroatoms. The summed E-state index contributed by atoms with van der Waals surface area (Å²) < 4.78 is 195. The molecule has 0 fully saturated rings. The van der Waals surface area contributed by atoms with Crippen LogP contribution < -0.4 is 0 Å². The van der Waals surface area contributed by atoms with Crippen molar-refractivity contribution >= 4 is 22.1 Å². The van der Waals surface area contributed by atoms with Gasteiger partial charge in [0.15, 0.2) is 0 Å². The van der Waals surface area contributed by atoms with Gasteiger partial charge in [0.25, 0.3) is 0 Å². The number of hydrogen-bond acceptors (Lipinski definition) is 3. The fourth-order valence-electron chi connectivity index (χ4n) is 5.45. The molecule has 0 saturated carbocycles. The van der Waals surface area contributed by atoms with Gasteiger partial charge in [0.2, 0.25) is 5.71 Å². The van der Waals surface area contributed by atoms with Crippen LogP contribution in [-0.2, 0) is 18.2 Å². The number of fused-ring (bicyclic) bond motifs is 4. The van der Waals surface area contributed by atoms with Crippen LogP contribution in [0, 0.1) is 19.1 Å². The molecule has 1 aliphatic rings. The largest absolute Gasteiger partial charge is 0.437 e. The minimum Gasteiger partial charge on any atom is -0.437 e. The lowest BCUT2D eigenvalue weighted by Gasteiger charge is -2.45. The second kappa shape index (κ2) is 9.25. The number of rotatable bonds is 3. The van der Waals surface area contributed by atoms with Crippen molar-refractivity contribution in [3.05, 3.63) is 82.7 Å². The number of pyridine rings is 2. The Bertz CT molecular complexity index is 2280. The molecule has 2 aromatic carbocycles. The highest BCUT2D eigenvalue weighted by Crippen LogP contribution is 2.67. The van der Waals surface area contributed by atoms with Crippen LogP contribution in [0.2, 0.25) is 0 Å². The maximum Gasteiger partial charge on any atom is 0.382 e. The van der Waals surface area contributed by atoms with Gasteiger partial charge in [-0.25, -0.2) is 4.98 Å². The Balaban J connectivity index is 1.74. The summed E-state index contributed by atoms with van der Waals surface area (Å²) in [6.07, 6.45) is -2.35. The van der Waals surface area contributed by atoms with E-state index in [1.54, 1.807) is 6.07 Å². The van der Waals surface area contributed by atoms with Gasteiger partial charge >= 0.3 is 23.7 Å². The number of furan rings is 1. The van der Waals surface area contributed by atoms with Crippen LogP contribution in [0.1, 0.15) is 59.7 Å². The third-order valence-corrected chi connectivity index (χ3v) is 7.34. The fraction of sp³-hybridized carbons (Fsp3) is 0.333. The van der Waals surface area contributed by atoms with Crippen molar-refractivity contribution in [2.75, 3.05) is 0 Å². The van der Waals surface area contributed by atoms with Crippen molar-refractivity contribution in [2.24, 2.45) is 5.41 Å². The van der Waals surface area contributed by atoms with E-state index in [2.05, 4.69) is 9.97 Å². The van der Waals surface area contributed by atoms with Gasteiger partial charge < -0.3 is 4.42 Å². The maximum atomic E-state index is 16.1. The van der Waals surface area contributed by atoms with Crippen molar-refractivity contribution in [3.63, 3.8) is 0 Å². The molecule has 0 aliphatic heterocycles. The number of halogens is 8. The molecule has 0 amide bonds. The van der Waals surface area contributed by atoms with Gasteiger partial charge in [-0.1, -0.05) is 39.0 Å².